The molecule has 16 heteroatoms. The van der Waals surface area contributed by atoms with Gasteiger partial charge >= 0.3 is 5.69 Å². The van der Waals surface area contributed by atoms with Crippen LogP contribution < -0.4 is 27.4 Å². The van der Waals surface area contributed by atoms with E-state index < -0.39 is 53.7 Å². The number of imide groups is 1. The van der Waals surface area contributed by atoms with Gasteiger partial charge in [0.05, 0.1) is 23.0 Å². The van der Waals surface area contributed by atoms with Gasteiger partial charge in [-0.05, 0) is 105 Å². The largest absolute Gasteiger partial charge is 0.370 e. The second-order valence-corrected chi connectivity index (χ2v) is 19.1. The van der Waals surface area contributed by atoms with Crippen LogP contribution in [0.2, 0.25) is 0 Å². The van der Waals surface area contributed by atoms with Gasteiger partial charge in [0, 0.05) is 45.4 Å². The van der Waals surface area contributed by atoms with Crippen molar-refractivity contribution >= 4 is 52.4 Å². The fourth-order valence-corrected chi connectivity index (χ4v) is 10.9. The number of nitrogens with zero attached hydrogens (tertiary/aromatic N) is 4. The van der Waals surface area contributed by atoms with Gasteiger partial charge in [-0.25, -0.2) is 4.79 Å². The van der Waals surface area contributed by atoms with Crippen molar-refractivity contribution in [3.05, 3.63) is 106 Å². The predicted octanol–water partition coefficient (Wildman–Crippen LogP) is 3.94. The van der Waals surface area contributed by atoms with Crippen LogP contribution in [0.25, 0.3) is 11.0 Å². The molecule has 354 valence electrons. The van der Waals surface area contributed by atoms with Crippen molar-refractivity contribution in [3.63, 3.8) is 0 Å². The summed E-state index contributed by atoms with van der Waals surface area (Å²) < 4.78 is 3.06. The second-order valence-electron chi connectivity index (χ2n) is 19.1. The van der Waals surface area contributed by atoms with Crippen LogP contribution >= 0.6 is 0 Å². The normalized spacial score (nSPS) is 23.8. The third-order valence-corrected chi connectivity index (χ3v) is 14.6. The number of carbonyl (C=O) groups is 7. The van der Waals surface area contributed by atoms with E-state index in [1.54, 1.807) is 23.4 Å². The van der Waals surface area contributed by atoms with E-state index in [1.807, 2.05) is 83.8 Å². The topological polar surface area (TPSA) is 215 Å². The van der Waals surface area contributed by atoms with Crippen LogP contribution in [0.5, 0.6) is 0 Å². The fraction of sp³-hybridized carbons (Fsp3) is 0.490. The number of aryl methyl sites for hydroxylation is 1. The Morgan fingerprint density at radius 3 is 2.12 bits per heavy atom. The third kappa shape index (κ3) is 10.5. The number of rotatable bonds is 14. The summed E-state index contributed by atoms with van der Waals surface area (Å²) in [5.41, 5.74) is 9.43. The molecule has 3 saturated heterocycles. The van der Waals surface area contributed by atoms with E-state index in [0.717, 1.165) is 54.3 Å². The van der Waals surface area contributed by atoms with E-state index in [1.165, 1.54) is 4.57 Å². The molecule has 4 aromatic rings. The molecule has 1 aliphatic carbocycles. The van der Waals surface area contributed by atoms with E-state index in [4.69, 9.17) is 5.73 Å². The Bertz CT molecular complexity index is 2530. The minimum atomic E-state index is -1.08. The molecule has 0 radical (unpaired) electrons. The van der Waals surface area contributed by atoms with Gasteiger partial charge in [-0.15, -0.1) is 0 Å². The Hall–Kier alpha value is -6.58. The highest BCUT2D eigenvalue weighted by atomic mass is 16.2. The van der Waals surface area contributed by atoms with Crippen LogP contribution in [0.3, 0.4) is 0 Å². The number of piperidine rings is 1. The smallest absolute Gasteiger partial charge is 0.329 e. The Morgan fingerprint density at radius 1 is 0.791 bits per heavy atom. The molecule has 0 spiro atoms. The number of imidazole rings is 1. The SMILES string of the molecule is C[C@H]1CN(C(=O)CC2CCC(Cc3ccc4c(c3)n(C)c(=O)n4[C@@H]3CCC(=O)NC3=O)CC2)CC[C@H]2CC[C@@H](C(=O)N[C@@H](CCC(N)=O)C(=O)NC(c3ccccc3)c3ccccc3)N2C1=O. The van der Waals surface area contributed by atoms with E-state index in [0.29, 0.717) is 43.7 Å². The zero-order valence-electron chi connectivity index (χ0n) is 38.4. The first-order chi connectivity index (χ1) is 32.2. The quantitative estimate of drug-likeness (QED) is 0.136. The summed E-state index contributed by atoms with van der Waals surface area (Å²) in [6, 6.07) is 21.5. The number of carbonyl (C=O) groups excluding carboxylic acids is 7. The van der Waals surface area contributed by atoms with E-state index >= 15 is 0 Å². The van der Waals surface area contributed by atoms with Crippen LogP contribution in [-0.4, -0.2) is 91.5 Å². The first kappa shape index (κ1) is 46.9. The molecule has 1 saturated carbocycles. The minimum Gasteiger partial charge on any atom is -0.370 e. The molecule has 0 bridgehead atoms. The van der Waals surface area contributed by atoms with Crippen LogP contribution in [0.1, 0.15) is 113 Å². The molecule has 8 rings (SSSR count). The Morgan fingerprint density at radius 2 is 1.46 bits per heavy atom. The van der Waals surface area contributed by atoms with Crippen LogP contribution in [-0.2, 0) is 47.0 Å². The molecule has 4 heterocycles. The lowest BCUT2D eigenvalue weighted by Gasteiger charge is -2.38. The molecular formula is C51H62N8O8. The number of primary amides is 1. The van der Waals surface area contributed by atoms with Crippen molar-refractivity contribution in [1.29, 1.82) is 0 Å². The number of fused-ring (bicyclic) bond motifs is 2. The zero-order chi connectivity index (χ0) is 47.4. The lowest BCUT2D eigenvalue weighted by molar-refractivity contribution is -0.147. The summed E-state index contributed by atoms with van der Waals surface area (Å²) >= 11 is 0. The third-order valence-electron chi connectivity index (χ3n) is 14.6. The molecule has 5 N–H and O–H groups in total. The lowest BCUT2D eigenvalue weighted by atomic mass is 9.78. The molecule has 7 amide bonds. The van der Waals surface area contributed by atoms with Crippen molar-refractivity contribution in [2.24, 2.45) is 30.5 Å². The lowest BCUT2D eigenvalue weighted by Crippen LogP contribution is -2.57. The van der Waals surface area contributed by atoms with Crippen molar-refractivity contribution < 1.29 is 33.6 Å². The minimum absolute atomic E-state index is 0.00725. The molecule has 5 atom stereocenters. The van der Waals surface area contributed by atoms with Crippen LogP contribution in [0.4, 0.5) is 0 Å². The number of benzene rings is 3. The average Bonchev–Trinajstić information content (AvgIpc) is 3.85. The predicted molar refractivity (Wildman–Crippen MR) is 250 cm³/mol. The van der Waals surface area contributed by atoms with Gasteiger partial charge in [0.25, 0.3) is 0 Å². The zero-order valence-corrected chi connectivity index (χ0v) is 38.4. The summed E-state index contributed by atoms with van der Waals surface area (Å²) in [7, 11) is 1.70. The number of hydrogen-bond donors (Lipinski definition) is 4. The first-order valence-electron chi connectivity index (χ1n) is 23.9. The summed E-state index contributed by atoms with van der Waals surface area (Å²) in [6.07, 6.45) is 6.88. The Balaban J connectivity index is 0.847. The highest BCUT2D eigenvalue weighted by Gasteiger charge is 2.45. The number of nitrogens with two attached hydrogens (primary N) is 1. The summed E-state index contributed by atoms with van der Waals surface area (Å²) in [5.74, 6) is -2.34. The maximum atomic E-state index is 14.2. The standard InChI is InChI=1S/C51H62N8O8/c1-31-30-57(45(62)29-33-15-13-32(14-16-33)27-34-17-20-39-42(28-34)56(2)51(67)59(39)41-22-24-44(61)54-49(41)65)26-25-37-18-21-40(58(37)50(31)66)48(64)53-38(19-23-43(52)60)47(63)55-46(35-9-5-3-6-10-35)36-11-7-4-8-12-36/h3-12,17,20,28,31-33,37-38,40-41,46H,13-16,18-19,21-27,29-30H2,1-2H3,(H2,52,60)(H,53,64)(H,55,63)(H,54,61,65)/t31-,32?,33?,37+,38-,40-,41+/m0/s1. The second kappa shape index (κ2) is 20.5. The summed E-state index contributed by atoms with van der Waals surface area (Å²) in [5, 5.41) is 8.33. The van der Waals surface area contributed by atoms with E-state index in [-0.39, 0.29) is 67.6 Å². The Labute approximate surface area is 390 Å². The van der Waals surface area contributed by atoms with Gasteiger partial charge in [-0.2, -0.15) is 0 Å². The average molecular weight is 915 g/mol. The van der Waals surface area contributed by atoms with E-state index in [9.17, 15) is 38.4 Å². The van der Waals surface area contributed by atoms with Crippen molar-refractivity contribution in [2.45, 2.75) is 121 Å². The molecule has 3 aromatic carbocycles. The van der Waals surface area contributed by atoms with E-state index in [2.05, 4.69) is 16.0 Å². The fourth-order valence-electron chi connectivity index (χ4n) is 10.9. The molecule has 1 aromatic heterocycles. The van der Waals surface area contributed by atoms with Crippen molar-refractivity contribution in [1.82, 2.24) is 34.9 Å². The molecule has 3 aliphatic heterocycles. The van der Waals surface area contributed by atoms with Crippen LogP contribution in [0.15, 0.2) is 83.7 Å². The van der Waals surface area contributed by atoms with Gasteiger partial charge in [0.2, 0.25) is 41.4 Å². The number of amides is 7. The van der Waals surface area contributed by atoms with Gasteiger partial charge in [-0.1, -0.05) is 73.7 Å². The number of aromatic nitrogens is 2. The Kier molecular flexibility index (Phi) is 14.4. The monoisotopic (exact) mass is 914 g/mol. The van der Waals surface area contributed by atoms with Gasteiger partial charge in [0.1, 0.15) is 18.1 Å². The summed E-state index contributed by atoms with van der Waals surface area (Å²) in [6.45, 7) is 2.53. The number of hydrogen-bond acceptors (Lipinski definition) is 8. The van der Waals surface area contributed by atoms with Gasteiger partial charge in [0.15, 0.2) is 0 Å². The maximum Gasteiger partial charge on any atom is 0.329 e. The van der Waals surface area contributed by atoms with Crippen LogP contribution in [0, 0.1) is 17.8 Å². The highest BCUT2D eigenvalue weighted by molar-refractivity contribution is 6.00. The van der Waals surface area contributed by atoms with Gasteiger partial charge < -0.3 is 26.2 Å². The van der Waals surface area contributed by atoms with Gasteiger partial charge in [-0.3, -0.25) is 48.0 Å². The molecule has 67 heavy (non-hydrogen) atoms. The van der Waals surface area contributed by atoms with Crippen molar-refractivity contribution in [3.8, 4) is 0 Å². The molecular weight excluding hydrogens is 853 g/mol. The first-order valence-corrected chi connectivity index (χ1v) is 23.9. The highest BCUT2D eigenvalue weighted by Crippen LogP contribution is 2.36. The van der Waals surface area contributed by atoms with Crippen molar-refractivity contribution in [2.75, 3.05) is 13.1 Å². The molecule has 0 unspecified atom stereocenters. The summed E-state index contributed by atoms with van der Waals surface area (Å²) in [4.78, 5) is 109. The molecule has 4 fully saturated rings. The molecule has 4 aliphatic rings. The molecule has 16 nitrogen and oxygen atoms in total. The maximum absolute atomic E-state index is 14.2. The number of nitrogens with one attached hydrogen (secondary N) is 3.